The summed E-state index contributed by atoms with van der Waals surface area (Å²) in [5.74, 6) is 1.11. The van der Waals surface area contributed by atoms with Gasteiger partial charge >= 0.3 is 0 Å². The lowest BCUT2D eigenvalue weighted by Crippen LogP contribution is -2.27. The largest absolute Gasteiger partial charge is 0.468 e. The van der Waals surface area contributed by atoms with Gasteiger partial charge in [0.1, 0.15) is 5.76 Å². The minimum atomic E-state index is 0.830. The number of hydrogen-bond donors (Lipinski definition) is 1. The molecule has 1 N–H and O–H groups in total. The first-order chi connectivity index (χ1) is 8.35. The molecule has 1 fully saturated rings. The Kier molecular flexibility index (Phi) is 4.63. The molecule has 1 aliphatic carbocycles. The highest BCUT2D eigenvalue weighted by atomic mass is 16.3. The van der Waals surface area contributed by atoms with Crippen LogP contribution in [0.3, 0.4) is 0 Å². The van der Waals surface area contributed by atoms with Gasteiger partial charge in [-0.1, -0.05) is 13.8 Å². The Morgan fingerprint density at radius 3 is 2.88 bits per heavy atom. The second kappa shape index (κ2) is 6.22. The van der Waals surface area contributed by atoms with Crippen molar-refractivity contribution < 1.29 is 4.42 Å². The van der Waals surface area contributed by atoms with E-state index in [4.69, 9.17) is 4.42 Å². The van der Waals surface area contributed by atoms with E-state index < -0.39 is 0 Å². The van der Waals surface area contributed by atoms with Crippen LogP contribution in [-0.4, -0.2) is 24.0 Å². The van der Waals surface area contributed by atoms with Crippen molar-refractivity contribution in [3.05, 3.63) is 23.7 Å². The Morgan fingerprint density at radius 2 is 2.24 bits per heavy atom. The second-order valence-corrected chi connectivity index (χ2v) is 4.85. The van der Waals surface area contributed by atoms with E-state index in [1.54, 1.807) is 0 Å². The molecule has 0 bridgehead atoms. The summed E-state index contributed by atoms with van der Waals surface area (Å²) in [6.07, 6.45) is 5.80. The van der Waals surface area contributed by atoms with E-state index in [2.05, 4.69) is 30.1 Å². The maximum Gasteiger partial charge on any atom is 0.122 e. The first-order valence-corrected chi connectivity index (χ1v) is 6.85. The van der Waals surface area contributed by atoms with Gasteiger partial charge < -0.3 is 9.73 Å². The van der Waals surface area contributed by atoms with E-state index >= 15 is 0 Å². The fourth-order valence-corrected chi connectivity index (χ4v) is 2.24. The Morgan fingerprint density at radius 1 is 1.41 bits per heavy atom. The highest BCUT2D eigenvalue weighted by molar-refractivity contribution is 5.17. The zero-order valence-corrected chi connectivity index (χ0v) is 11.0. The zero-order valence-electron chi connectivity index (χ0n) is 11.0. The highest BCUT2D eigenvalue weighted by Gasteiger charge is 2.28. The molecule has 3 nitrogen and oxygen atoms in total. The van der Waals surface area contributed by atoms with Gasteiger partial charge in [0.2, 0.25) is 0 Å². The van der Waals surface area contributed by atoms with Crippen molar-refractivity contribution in [2.75, 3.05) is 13.1 Å². The molecule has 96 valence electrons. The number of rotatable bonds is 8. The summed E-state index contributed by atoms with van der Waals surface area (Å²) < 4.78 is 5.56. The molecule has 0 spiro atoms. The molecule has 0 aromatic carbocycles. The molecule has 0 radical (unpaired) electrons. The van der Waals surface area contributed by atoms with Crippen LogP contribution in [0.15, 0.2) is 16.7 Å². The van der Waals surface area contributed by atoms with E-state index in [1.807, 2.05) is 6.26 Å². The molecule has 17 heavy (non-hydrogen) atoms. The Hall–Kier alpha value is -0.800. The van der Waals surface area contributed by atoms with Gasteiger partial charge in [-0.05, 0) is 38.4 Å². The lowest BCUT2D eigenvalue weighted by molar-refractivity contribution is 0.253. The lowest BCUT2D eigenvalue weighted by Gasteiger charge is -2.21. The van der Waals surface area contributed by atoms with Crippen LogP contribution in [0.5, 0.6) is 0 Å². The predicted molar refractivity (Wildman–Crippen MR) is 69.8 cm³/mol. The predicted octanol–water partition coefficient (Wildman–Crippen LogP) is 2.76. The summed E-state index contributed by atoms with van der Waals surface area (Å²) >= 11 is 0. The average Bonchev–Trinajstić information content (AvgIpc) is 3.08. The van der Waals surface area contributed by atoms with E-state index in [0.29, 0.717) is 0 Å². The number of furan rings is 1. The third kappa shape index (κ3) is 3.58. The van der Waals surface area contributed by atoms with Crippen LogP contribution in [0, 0.1) is 0 Å². The fourth-order valence-electron chi connectivity index (χ4n) is 2.24. The van der Waals surface area contributed by atoms with Crippen molar-refractivity contribution in [2.24, 2.45) is 0 Å². The summed E-state index contributed by atoms with van der Waals surface area (Å²) in [4.78, 5) is 2.60. The minimum Gasteiger partial charge on any atom is -0.468 e. The third-order valence-corrected chi connectivity index (χ3v) is 3.32. The molecule has 0 unspecified atom stereocenters. The third-order valence-electron chi connectivity index (χ3n) is 3.32. The molecule has 0 saturated heterocycles. The van der Waals surface area contributed by atoms with Crippen molar-refractivity contribution in [1.29, 1.82) is 0 Å². The van der Waals surface area contributed by atoms with Crippen LogP contribution in [0.25, 0.3) is 0 Å². The Labute approximate surface area is 104 Å². The molecule has 0 atom stereocenters. The van der Waals surface area contributed by atoms with E-state index in [-0.39, 0.29) is 0 Å². The van der Waals surface area contributed by atoms with E-state index in [1.165, 1.54) is 31.4 Å². The van der Waals surface area contributed by atoms with Gasteiger partial charge in [0.05, 0.1) is 12.8 Å². The SMILES string of the molecule is CCCN(Cc1ccoc1CNCC)C1CC1. The molecule has 1 heterocycles. The number of hydrogen-bond acceptors (Lipinski definition) is 3. The van der Waals surface area contributed by atoms with Crippen LogP contribution in [0.2, 0.25) is 0 Å². The summed E-state index contributed by atoms with van der Waals surface area (Å²) in [5, 5.41) is 3.33. The molecule has 1 aromatic rings. The summed E-state index contributed by atoms with van der Waals surface area (Å²) in [7, 11) is 0. The van der Waals surface area contributed by atoms with Gasteiger partial charge in [-0.2, -0.15) is 0 Å². The first kappa shape index (κ1) is 12.7. The van der Waals surface area contributed by atoms with Gasteiger partial charge in [-0.25, -0.2) is 0 Å². The van der Waals surface area contributed by atoms with Crippen molar-refractivity contribution in [2.45, 2.75) is 52.2 Å². The fraction of sp³-hybridized carbons (Fsp3) is 0.714. The average molecular weight is 236 g/mol. The topological polar surface area (TPSA) is 28.4 Å². The van der Waals surface area contributed by atoms with Crippen LogP contribution in [0.4, 0.5) is 0 Å². The number of nitrogens with zero attached hydrogens (tertiary/aromatic N) is 1. The van der Waals surface area contributed by atoms with Gasteiger partial charge in [0.25, 0.3) is 0 Å². The maximum atomic E-state index is 5.56. The second-order valence-electron chi connectivity index (χ2n) is 4.85. The quantitative estimate of drug-likeness (QED) is 0.752. The molecule has 1 aromatic heterocycles. The summed E-state index contributed by atoms with van der Waals surface area (Å²) in [6.45, 7) is 8.47. The maximum absolute atomic E-state index is 5.56. The summed E-state index contributed by atoms with van der Waals surface area (Å²) in [5.41, 5.74) is 1.35. The zero-order chi connectivity index (χ0) is 12.1. The summed E-state index contributed by atoms with van der Waals surface area (Å²) in [6, 6.07) is 2.95. The van der Waals surface area contributed by atoms with Gasteiger partial charge in [-0.15, -0.1) is 0 Å². The van der Waals surface area contributed by atoms with Crippen LogP contribution >= 0.6 is 0 Å². The molecule has 1 saturated carbocycles. The highest BCUT2D eigenvalue weighted by Crippen LogP contribution is 2.29. The van der Waals surface area contributed by atoms with Crippen LogP contribution in [0.1, 0.15) is 44.4 Å². The van der Waals surface area contributed by atoms with Crippen molar-refractivity contribution in [3.63, 3.8) is 0 Å². The normalized spacial score (nSPS) is 15.7. The van der Waals surface area contributed by atoms with Gasteiger partial charge in [0, 0.05) is 18.2 Å². The molecular weight excluding hydrogens is 212 g/mol. The standard InChI is InChI=1S/C14H24N2O/c1-3-8-16(13-5-6-13)11-12-7-9-17-14(12)10-15-4-2/h7,9,13,15H,3-6,8,10-11H2,1-2H3. The van der Waals surface area contributed by atoms with E-state index in [0.717, 1.165) is 31.4 Å². The minimum absolute atomic E-state index is 0.830. The van der Waals surface area contributed by atoms with Crippen molar-refractivity contribution >= 4 is 0 Å². The van der Waals surface area contributed by atoms with Crippen LogP contribution in [-0.2, 0) is 13.1 Å². The van der Waals surface area contributed by atoms with Gasteiger partial charge in [-0.3, -0.25) is 4.90 Å². The number of nitrogens with one attached hydrogen (secondary N) is 1. The first-order valence-electron chi connectivity index (χ1n) is 6.85. The smallest absolute Gasteiger partial charge is 0.122 e. The van der Waals surface area contributed by atoms with Gasteiger partial charge in [0.15, 0.2) is 0 Å². The Balaban J connectivity index is 1.93. The van der Waals surface area contributed by atoms with Crippen molar-refractivity contribution in [1.82, 2.24) is 10.2 Å². The molecule has 3 heteroatoms. The van der Waals surface area contributed by atoms with Crippen LogP contribution < -0.4 is 5.32 Å². The Bertz CT molecular complexity index is 331. The molecule has 2 rings (SSSR count). The monoisotopic (exact) mass is 236 g/mol. The lowest BCUT2D eigenvalue weighted by atomic mass is 10.2. The molecular formula is C14H24N2O. The molecule has 0 aliphatic heterocycles. The van der Waals surface area contributed by atoms with Crippen molar-refractivity contribution in [3.8, 4) is 0 Å². The van der Waals surface area contributed by atoms with E-state index in [9.17, 15) is 0 Å². The molecule has 1 aliphatic rings. The molecule has 0 amide bonds.